The molecule has 1 atom stereocenters. The fourth-order valence-electron chi connectivity index (χ4n) is 2.76. The van der Waals surface area contributed by atoms with Crippen LogP contribution in [0.5, 0.6) is 0 Å². The number of nitrogens with zero attached hydrogens (tertiary/aromatic N) is 2. The predicted octanol–water partition coefficient (Wildman–Crippen LogP) is 2.65. The molecule has 0 fully saturated rings. The number of amides is 1. The Balaban J connectivity index is 1.63. The van der Waals surface area contributed by atoms with Crippen LogP contribution in [-0.2, 0) is 6.42 Å². The Hall–Kier alpha value is -2.66. The summed E-state index contributed by atoms with van der Waals surface area (Å²) < 4.78 is 1.52. The molecule has 5 nitrogen and oxygen atoms in total. The number of nitrogens with two attached hydrogens (primary N) is 1. The number of aromatic nitrogens is 2. The minimum atomic E-state index is -0.703. The fraction of sp³-hybridized carbons (Fsp3) is 0.222. The highest BCUT2D eigenvalue weighted by Crippen LogP contribution is 2.21. The molecule has 0 bridgehead atoms. The van der Waals surface area contributed by atoms with E-state index >= 15 is 0 Å². The van der Waals surface area contributed by atoms with Crippen LogP contribution in [0.2, 0.25) is 0 Å². The van der Waals surface area contributed by atoms with E-state index in [0.29, 0.717) is 6.42 Å². The van der Waals surface area contributed by atoms with Gasteiger partial charge in [-0.2, -0.15) is 0 Å². The zero-order valence-electron chi connectivity index (χ0n) is 12.7. The maximum atomic E-state index is 11.0. The average Bonchev–Trinajstić information content (AvgIpc) is 3.05. The Bertz CT molecular complexity index is 821. The Kier molecular flexibility index (Phi) is 4.39. The number of imidazole rings is 1. The summed E-state index contributed by atoms with van der Waals surface area (Å²) in [6, 6.07) is 14.6. The summed E-state index contributed by atoms with van der Waals surface area (Å²) in [5.41, 5.74) is 6.60. The summed E-state index contributed by atoms with van der Waals surface area (Å²) in [4.78, 5) is 14.9. The Morgan fingerprint density at radius 1 is 1.22 bits per heavy atom. The highest BCUT2D eigenvalue weighted by molar-refractivity contribution is 5.90. The molecule has 3 rings (SSSR count). The largest absolute Gasteiger partial charge is 0.373 e. The number of carbonyl (C=O) groups is 1. The molecule has 0 aliphatic heterocycles. The van der Waals surface area contributed by atoms with Gasteiger partial charge >= 0.3 is 0 Å². The first kappa shape index (κ1) is 15.2. The molecule has 0 aliphatic rings. The van der Waals surface area contributed by atoms with Crippen LogP contribution in [0, 0.1) is 0 Å². The van der Waals surface area contributed by atoms with E-state index in [4.69, 9.17) is 5.73 Å². The first-order valence-electron chi connectivity index (χ1n) is 7.63. The SMILES string of the molecule is NC(=O)c1cn(C(O)CCCc2cccc3ccccc23)cn1. The summed E-state index contributed by atoms with van der Waals surface area (Å²) in [7, 11) is 0. The first-order valence-corrected chi connectivity index (χ1v) is 7.63. The summed E-state index contributed by atoms with van der Waals surface area (Å²) >= 11 is 0. The molecule has 0 saturated heterocycles. The van der Waals surface area contributed by atoms with E-state index in [9.17, 15) is 9.90 Å². The molecular weight excluding hydrogens is 290 g/mol. The number of aryl methyl sites for hydroxylation is 1. The van der Waals surface area contributed by atoms with Gasteiger partial charge in [0.05, 0.1) is 6.33 Å². The molecule has 0 aliphatic carbocycles. The number of rotatable bonds is 6. The van der Waals surface area contributed by atoms with Gasteiger partial charge in [0.25, 0.3) is 5.91 Å². The van der Waals surface area contributed by atoms with E-state index < -0.39 is 12.1 Å². The van der Waals surface area contributed by atoms with Crippen LogP contribution in [0.25, 0.3) is 10.8 Å². The Labute approximate surface area is 134 Å². The molecule has 3 N–H and O–H groups in total. The van der Waals surface area contributed by atoms with Gasteiger partial charge in [-0.05, 0) is 35.6 Å². The summed E-state index contributed by atoms with van der Waals surface area (Å²) in [5.74, 6) is -0.591. The molecule has 2 aromatic carbocycles. The maximum Gasteiger partial charge on any atom is 0.268 e. The van der Waals surface area contributed by atoms with Crippen LogP contribution in [0.4, 0.5) is 0 Å². The highest BCUT2D eigenvalue weighted by Gasteiger charge is 2.11. The lowest BCUT2D eigenvalue weighted by atomic mass is 10.00. The number of aliphatic hydroxyl groups is 1. The zero-order chi connectivity index (χ0) is 16.2. The van der Waals surface area contributed by atoms with Gasteiger partial charge in [-0.1, -0.05) is 42.5 Å². The molecule has 3 aromatic rings. The second-order valence-electron chi connectivity index (χ2n) is 5.58. The molecule has 5 heteroatoms. The third-order valence-electron chi connectivity index (χ3n) is 3.99. The van der Waals surface area contributed by atoms with Crippen molar-refractivity contribution >= 4 is 16.7 Å². The number of hydrogen-bond donors (Lipinski definition) is 2. The number of aliphatic hydroxyl groups excluding tert-OH is 1. The molecule has 0 radical (unpaired) electrons. The van der Waals surface area contributed by atoms with Crippen molar-refractivity contribution in [1.29, 1.82) is 0 Å². The lowest BCUT2D eigenvalue weighted by molar-refractivity contribution is 0.0919. The monoisotopic (exact) mass is 309 g/mol. The number of hydrogen-bond acceptors (Lipinski definition) is 3. The summed E-state index contributed by atoms with van der Waals surface area (Å²) in [5, 5.41) is 12.7. The van der Waals surface area contributed by atoms with Crippen molar-refractivity contribution in [3.8, 4) is 0 Å². The number of carbonyl (C=O) groups excluding carboxylic acids is 1. The first-order chi connectivity index (χ1) is 11.1. The standard InChI is InChI=1S/C18H19N3O2/c19-18(23)16-11-21(12-20-16)17(22)10-4-8-14-7-3-6-13-5-1-2-9-15(13)14/h1-3,5-7,9,11-12,17,22H,4,8,10H2,(H2,19,23). The minimum Gasteiger partial charge on any atom is -0.373 e. The van der Waals surface area contributed by atoms with Crippen LogP contribution in [0.15, 0.2) is 55.0 Å². The molecule has 1 unspecified atom stereocenters. The Morgan fingerprint density at radius 2 is 2.00 bits per heavy atom. The molecule has 23 heavy (non-hydrogen) atoms. The van der Waals surface area contributed by atoms with Gasteiger partial charge in [0, 0.05) is 6.20 Å². The van der Waals surface area contributed by atoms with Crippen LogP contribution in [-0.4, -0.2) is 20.6 Å². The lowest BCUT2D eigenvalue weighted by Crippen LogP contribution is -2.11. The van der Waals surface area contributed by atoms with Crippen molar-refractivity contribution < 1.29 is 9.90 Å². The van der Waals surface area contributed by atoms with Crippen molar-refractivity contribution in [2.45, 2.75) is 25.5 Å². The zero-order valence-corrected chi connectivity index (χ0v) is 12.7. The van der Waals surface area contributed by atoms with Crippen LogP contribution < -0.4 is 5.73 Å². The molecule has 0 saturated carbocycles. The second kappa shape index (κ2) is 6.62. The molecule has 0 spiro atoms. The number of primary amides is 1. The highest BCUT2D eigenvalue weighted by atomic mass is 16.3. The smallest absolute Gasteiger partial charge is 0.268 e. The molecule has 118 valence electrons. The summed E-state index contributed by atoms with van der Waals surface area (Å²) in [6.45, 7) is 0. The van der Waals surface area contributed by atoms with Gasteiger partial charge in [-0.3, -0.25) is 4.79 Å². The van der Waals surface area contributed by atoms with Crippen LogP contribution in [0.1, 0.15) is 35.1 Å². The predicted molar refractivity (Wildman–Crippen MR) is 88.9 cm³/mol. The van der Waals surface area contributed by atoms with Gasteiger partial charge < -0.3 is 15.4 Å². The van der Waals surface area contributed by atoms with E-state index in [1.165, 1.54) is 33.4 Å². The third kappa shape index (κ3) is 3.40. The van der Waals surface area contributed by atoms with E-state index in [-0.39, 0.29) is 5.69 Å². The van der Waals surface area contributed by atoms with Crippen molar-refractivity contribution in [2.24, 2.45) is 5.73 Å². The molecular formula is C18H19N3O2. The van der Waals surface area contributed by atoms with Crippen molar-refractivity contribution in [3.05, 3.63) is 66.2 Å². The summed E-state index contributed by atoms with van der Waals surface area (Å²) in [6.07, 6.45) is 4.51. The van der Waals surface area contributed by atoms with Crippen LogP contribution in [0.3, 0.4) is 0 Å². The van der Waals surface area contributed by atoms with Gasteiger partial charge in [-0.15, -0.1) is 0 Å². The van der Waals surface area contributed by atoms with Crippen molar-refractivity contribution in [1.82, 2.24) is 9.55 Å². The van der Waals surface area contributed by atoms with E-state index in [1.807, 2.05) is 12.1 Å². The van der Waals surface area contributed by atoms with Gasteiger partial charge in [0.1, 0.15) is 11.9 Å². The third-order valence-corrected chi connectivity index (χ3v) is 3.99. The van der Waals surface area contributed by atoms with E-state index in [2.05, 4.69) is 35.3 Å². The van der Waals surface area contributed by atoms with Gasteiger partial charge in [-0.25, -0.2) is 4.98 Å². The molecule has 1 aromatic heterocycles. The Morgan fingerprint density at radius 3 is 2.78 bits per heavy atom. The normalized spacial score (nSPS) is 12.4. The van der Waals surface area contributed by atoms with Gasteiger partial charge in [0.2, 0.25) is 0 Å². The molecule has 1 heterocycles. The minimum absolute atomic E-state index is 0.165. The fourth-order valence-corrected chi connectivity index (χ4v) is 2.76. The quantitative estimate of drug-likeness (QED) is 0.734. The van der Waals surface area contributed by atoms with Crippen molar-refractivity contribution in [3.63, 3.8) is 0 Å². The van der Waals surface area contributed by atoms with E-state index in [0.717, 1.165) is 12.8 Å². The van der Waals surface area contributed by atoms with Gasteiger partial charge in [0.15, 0.2) is 0 Å². The van der Waals surface area contributed by atoms with Crippen molar-refractivity contribution in [2.75, 3.05) is 0 Å². The van der Waals surface area contributed by atoms with E-state index in [1.54, 1.807) is 0 Å². The average molecular weight is 309 g/mol. The number of fused-ring (bicyclic) bond motifs is 1. The topological polar surface area (TPSA) is 81.1 Å². The molecule has 1 amide bonds. The lowest BCUT2D eigenvalue weighted by Gasteiger charge is -2.12. The maximum absolute atomic E-state index is 11.0. The number of benzene rings is 2. The van der Waals surface area contributed by atoms with Crippen LogP contribution >= 0.6 is 0 Å². The second-order valence-corrected chi connectivity index (χ2v) is 5.58.